The standard InChI is InChI=1S/C18H19ClN2O3S/c1-17(2)9-18(21-16(23)20-17)8-11(15-4-3-5-25-15)10-6-12(19)13(22)7-14(10)24-18/h3-7,11,22H,8-9H2,1-2H3,(H2,20,21,23)/t11-,18+/m1/s1. The average molecular weight is 379 g/mol. The van der Waals surface area contributed by atoms with Gasteiger partial charge in [0.05, 0.1) is 5.02 Å². The van der Waals surface area contributed by atoms with Gasteiger partial charge in [-0.05, 0) is 31.4 Å². The molecular weight excluding hydrogens is 360 g/mol. The Hall–Kier alpha value is -1.92. The van der Waals surface area contributed by atoms with Crippen molar-refractivity contribution in [3.05, 3.63) is 45.1 Å². The lowest BCUT2D eigenvalue weighted by Crippen LogP contribution is -2.69. The van der Waals surface area contributed by atoms with Crippen molar-refractivity contribution in [2.45, 2.75) is 43.9 Å². The quantitative estimate of drug-likeness (QED) is 0.696. The minimum absolute atomic E-state index is 0.0260. The van der Waals surface area contributed by atoms with Gasteiger partial charge in [0.25, 0.3) is 0 Å². The summed E-state index contributed by atoms with van der Waals surface area (Å²) in [6.07, 6.45) is 1.22. The Morgan fingerprint density at radius 3 is 2.84 bits per heavy atom. The SMILES string of the molecule is CC1(C)C[C@@]2(C[C@@H](c3cccs3)c3cc(Cl)c(O)cc3O2)NC(=O)N1. The van der Waals surface area contributed by atoms with Gasteiger partial charge in [0.15, 0.2) is 5.72 Å². The smallest absolute Gasteiger partial charge is 0.318 e. The molecule has 1 aromatic carbocycles. The summed E-state index contributed by atoms with van der Waals surface area (Å²) in [7, 11) is 0. The number of thiophene rings is 1. The molecule has 1 fully saturated rings. The average Bonchev–Trinajstić information content (AvgIpc) is 3.00. The third kappa shape index (κ3) is 2.93. The topological polar surface area (TPSA) is 70.6 Å². The van der Waals surface area contributed by atoms with E-state index in [0.717, 1.165) is 5.56 Å². The molecule has 0 saturated carbocycles. The van der Waals surface area contributed by atoms with Crippen LogP contribution in [0.25, 0.3) is 0 Å². The maximum absolute atomic E-state index is 12.2. The highest BCUT2D eigenvalue weighted by Gasteiger charge is 2.50. The first kappa shape index (κ1) is 16.5. The number of carbonyl (C=O) groups excluding carboxylic acids is 1. The molecule has 4 rings (SSSR count). The number of aromatic hydroxyl groups is 1. The second kappa shape index (κ2) is 5.54. The van der Waals surface area contributed by atoms with Crippen molar-refractivity contribution >= 4 is 29.0 Å². The zero-order valence-corrected chi connectivity index (χ0v) is 15.5. The molecule has 1 aromatic heterocycles. The first-order chi connectivity index (χ1) is 11.8. The summed E-state index contributed by atoms with van der Waals surface area (Å²) in [6, 6.07) is 7.14. The highest BCUT2D eigenvalue weighted by Crippen LogP contribution is 2.49. The number of fused-ring (bicyclic) bond motifs is 1. The lowest BCUT2D eigenvalue weighted by molar-refractivity contribution is -0.0233. The number of amides is 2. The van der Waals surface area contributed by atoms with Gasteiger partial charge in [0.1, 0.15) is 11.5 Å². The number of hydrogen-bond donors (Lipinski definition) is 3. The van der Waals surface area contributed by atoms with Crippen molar-refractivity contribution in [2.75, 3.05) is 0 Å². The van der Waals surface area contributed by atoms with Crippen LogP contribution in [0.4, 0.5) is 4.79 Å². The number of urea groups is 1. The summed E-state index contributed by atoms with van der Waals surface area (Å²) in [5.41, 5.74) is -0.288. The normalized spacial score (nSPS) is 27.2. The largest absolute Gasteiger partial charge is 0.506 e. The molecule has 2 atom stereocenters. The molecule has 2 aromatic rings. The summed E-state index contributed by atoms with van der Waals surface area (Å²) in [4.78, 5) is 13.4. The van der Waals surface area contributed by atoms with Gasteiger partial charge < -0.3 is 20.5 Å². The molecule has 2 aliphatic rings. The fraction of sp³-hybridized carbons (Fsp3) is 0.389. The van der Waals surface area contributed by atoms with Gasteiger partial charge in [0, 0.05) is 40.8 Å². The van der Waals surface area contributed by atoms with E-state index in [1.165, 1.54) is 4.88 Å². The number of benzene rings is 1. The third-order valence-corrected chi connectivity index (χ3v) is 5.99. The van der Waals surface area contributed by atoms with Crippen molar-refractivity contribution < 1.29 is 14.6 Å². The number of phenols is 1. The molecule has 2 aliphatic heterocycles. The van der Waals surface area contributed by atoms with Crippen molar-refractivity contribution in [2.24, 2.45) is 0 Å². The molecule has 0 unspecified atom stereocenters. The zero-order chi connectivity index (χ0) is 17.8. The molecule has 132 valence electrons. The number of ether oxygens (including phenoxy) is 1. The second-order valence-corrected chi connectivity index (χ2v) is 8.74. The van der Waals surface area contributed by atoms with E-state index < -0.39 is 11.3 Å². The van der Waals surface area contributed by atoms with Crippen molar-refractivity contribution in [3.8, 4) is 11.5 Å². The van der Waals surface area contributed by atoms with Gasteiger partial charge in [-0.3, -0.25) is 0 Å². The Bertz CT molecular complexity index is 837. The Morgan fingerprint density at radius 2 is 2.16 bits per heavy atom. The predicted octanol–water partition coefficient (Wildman–Crippen LogP) is 4.20. The number of phenolic OH excluding ortho intramolecular Hbond substituents is 1. The number of hydrogen-bond acceptors (Lipinski definition) is 4. The summed E-state index contributed by atoms with van der Waals surface area (Å²) in [5, 5.41) is 18.3. The van der Waals surface area contributed by atoms with Crippen molar-refractivity contribution in [1.82, 2.24) is 10.6 Å². The second-order valence-electron chi connectivity index (χ2n) is 7.35. The van der Waals surface area contributed by atoms with E-state index in [2.05, 4.69) is 16.7 Å². The molecule has 0 radical (unpaired) electrons. The minimum Gasteiger partial charge on any atom is -0.506 e. The van der Waals surface area contributed by atoms with Gasteiger partial charge in [-0.25, -0.2) is 4.79 Å². The number of carbonyl (C=O) groups is 1. The summed E-state index contributed by atoms with van der Waals surface area (Å²) in [5.74, 6) is 0.572. The van der Waals surface area contributed by atoms with Crippen LogP contribution >= 0.6 is 22.9 Å². The first-order valence-electron chi connectivity index (χ1n) is 8.12. The van der Waals surface area contributed by atoms with E-state index in [-0.39, 0.29) is 17.7 Å². The molecular formula is C18H19ClN2O3S. The van der Waals surface area contributed by atoms with Crippen LogP contribution in [-0.4, -0.2) is 22.4 Å². The molecule has 3 N–H and O–H groups in total. The Kier molecular flexibility index (Phi) is 3.67. The molecule has 1 saturated heterocycles. The number of halogens is 1. The summed E-state index contributed by atoms with van der Waals surface area (Å²) in [6.45, 7) is 3.96. The fourth-order valence-electron chi connectivity index (χ4n) is 3.89. The third-order valence-electron chi connectivity index (χ3n) is 4.70. The van der Waals surface area contributed by atoms with E-state index in [0.29, 0.717) is 23.6 Å². The maximum Gasteiger partial charge on any atom is 0.318 e. The van der Waals surface area contributed by atoms with E-state index in [1.54, 1.807) is 23.5 Å². The maximum atomic E-state index is 12.2. The van der Waals surface area contributed by atoms with Crippen LogP contribution in [0.1, 0.15) is 43.0 Å². The number of rotatable bonds is 1. The Labute approximate surface area is 155 Å². The van der Waals surface area contributed by atoms with Crippen LogP contribution in [0.15, 0.2) is 29.6 Å². The predicted molar refractivity (Wildman–Crippen MR) is 97.6 cm³/mol. The molecule has 25 heavy (non-hydrogen) atoms. The van der Waals surface area contributed by atoms with Crippen LogP contribution in [-0.2, 0) is 0 Å². The van der Waals surface area contributed by atoms with Gasteiger partial charge in [-0.2, -0.15) is 0 Å². The van der Waals surface area contributed by atoms with Gasteiger partial charge in [0.2, 0.25) is 0 Å². The highest BCUT2D eigenvalue weighted by molar-refractivity contribution is 7.10. The van der Waals surface area contributed by atoms with Crippen LogP contribution in [0.5, 0.6) is 11.5 Å². The Balaban J connectivity index is 1.83. The highest BCUT2D eigenvalue weighted by atomic mass is 35.5. The van der Waals surface area contributed by atoms with Crippen molar-refractivity contribution in [1.29, 1.82) is 0 Å². The summed E-state index contributed by atoms with van der Waals surface area (Å²) >= 11 is 7.80. The van der Waals surface area contributed by atoms with Crippen LogP contribution in [0.3, 0.4) is 0 Å². The van der Waals surface area contributed by atoms with Crippen LogP contribution in [0.2, 0.25) is 5.02 Å². The molecule has 7 heteroatoms. The van der Waals surface area contributed by atoms with E-state index in [9.17, 15) is 9.90 Å². The first-order valence-corrected chi connectivity index (χ1v) is 9.38. The van der Waals surface area contributed by atoms with E-state index in [4.69, 9.17) is 16.3 Å². The van der Waals surface area contributed by atoms with E-state index in [1.807, 2.05) is 25.3 Å². The summed E-state index contributed by atoms with van der Waals surface area (Å²) < 4.78 is 6.24. The Morgan fingerprint density at radius 1 is 1.36 bits per heavy atom. The van der Waals surface area contributed by atoms with Crippen LogP contribution < -0.4 is 15.4 Å². The molecule has 3 heterocycles. The molecule has 5 nitrogen and oxygen atoms in total. The molecule has 0 aliphatic carbocycles. The monoisotopic (exact) mass is 378 g/mol. The van der Waals surface area contributed by atoms with Crippen LogP contribution in [0, 0.1) is 0 Å². The lowest BCUT2D eigenvalue weighted by Gasteiger charge is -2.49. The number of nitrogens with one attached hydrogen (secondary N) is 2. The fourth-order valence-corrected chi connectivity index (χ4v) is 4.90. The van der Waals surface area contributed by atoms with Gasteiger partial charge in [-0.15, -0.1) is 11.3 Å². The zero-order valence-electron chi connectivity index (χ0n) is 13.9. The molecule has 2 amide bonds. The minimum atomic E-state index is -0.826. The van der Waals surface area contributed by atoms with Crippen molar-refractivity contribution in [3.63, 3.8) is 0 Å². The van der Waals surface area contributed by atoms with E-state index >= 15 is 0 Å². The van der Waals surface area contributed by atoms with Gasteiger partial charge in [-0.1, -0.05) is 17.7 Å². The van der Waals surface area contributed by atoms with Gasteiger partial charge >= 0.3 is 6.03 Å². The lowest BCUT2D eigenvalue weighted by atomic mass is 9.79. The molecule has 1 spiro atoms. The molecule has 0 bridgehead atoms.